The largest absolute Gasteiger partial charge is 0.493 e. The van der Waals surface area contributed by atoms with E-state index in [9.17, 15) is 0 Å². The first-order valence-corrected chi connectivity index (χ1v) is 7.84. The first-order chi connectivity index (χ1) is 9.63. The number of fused-ring (bicyclic) bond motifs is 1. The summed E-state index contributed by atoms with van der Waals surface area (Å²) >= 11 is 0. The summed E-state index contributed by atoms with van der Waals surface area (Å²) in [4.78, 5) is 0. The Morgan fingerprint density at radius 2 is 2.20 bits per heavy atom. The zero-order valence-electron chi connectivity index (χ0n) is 12.6. The van der Waals surface area contributed by atoms with Crippen LogP contribution in [0.15, 0.2) is 18.2 Å². The molecule has 0 bridgehead atoms. The minimum Gasteiger partial charge on any atom is -0.493 e. The Balaban J connectivity index is 1.98. The molecular formula is C17H26N2O. The fourth-order valence-corrected chi connectivity index (χ4v) is 4.05. The van der Waals surface area contributed by atoms with Crippen molar-refractivity contribution in [1.82, 2.24) is 5.43 Å². The van der Waals surface area contributed by atoms with Gasteiger partial charge < -0.3 is 4.74 Å². The van der Waals surface area contributed by atoms with Crippen LogP contribution in [0.4, 0.5) is 0 Å². The van der Waals surface area contributed by atoms with E-state index in [2.05, 4.69) is 37.5 Å². The number of hydrogen-bond donors (Lipinski definition) is 2. The number of hydrazine groups is 1. The van der Waals surface area contributed by atoms with Crippen molar-refractivity contribution in [3.05, 3.63) is 29.3 Å². The number of nitrogens with one attached hydrogen (secondary N) is 1. The van der Waals surface area contributed by atoms with Crippen molar-refractivity contribution in [1.29, 1.82) is 0 Å². The Morgan fingerprint density at radius 3 is 2.90 bits per heavy atom. The highest BCUT2D eigenvalue weighted by atomic mass is 16.5. The molecule has 1 aromatic carbocycles. The van der Waals surface area contributed by atoms with Crippen molar-refractivity contribution < 1.29 is 4.74 Å². The summed E-state index contributed by atoms with van der Waals surface area (Å²) in [7, 11) is 0. The predicted molar refractivity (Wildman–Crippen MR) is 81.4 cm³/mol. The Labute approximate surface area is 121 Å². The van der Waals surface area contributed by atoms with E-state index in [1.165, 1.54) is 30.4 Å². The zero-order chi connectivity index (χ0) is 14.2. The Hall–Kier alpha value is -1.06. The van der Waals surface area contributed by atoms with Gasteiger partial charge in [0.05, 0.1) is 12.6 Å². The molecule has 0 radical (unpaired) electrons. The number of benzene rings is 1. The molecular weight excluding hydrogens is 248 g/mol. The van der Waals surface area contributed by atoms with Crippen LogP contribution in [-0.4, -0.2) is 6.61 Å². The molecule has 1 aromatic rings. The lowest BCUT2D eigenvalue weighted by atomic mass is 9.75. The summed E-state index contributed by atoms with van der Waals surface area (Å²) < 4.78 is 5.97. The van der Waals surface area contributed by atoms with E-state index in [0.717, 1.165) is 25.2 Å². The van der Waals surface area contributed by atoms with Crippen molar-refractivity contribution in [2.45, 2.75) is 52.0 Å². The Bertz CT molecular complexity index is 484. The van der Waals surface area contributed by atoms with Gasteiger partial charge in [-0.2, -0.15) is 0 Å². The Kier molecular flexibility index (Phi) is 3.74. The van der Waals surface area contributed by atoms with E-state index >= 15 is 0 Å². The normalized spacial score (nSPS) is 25.9. The summed E-state index contributed by atoms with van der Waals surface area (Å²) in [5.74, 6) is 7.59. The van der Waals surface area contributed by atoms with Crippen molar-refractivity contribution in [2.75, 3.05) is 6.61 Å². The fourth-order valence-electron chi connectivity index (χ4n) is 4.05. The maximum absolute atomic E-state index is 5.97. The van der Waals surface area contributed by atoms with Crippen molar-refractivity contribution in [3.8, 4) is 5.75 Å². The molecule has 0 amide bonds. The number of rotatable bonds is 3. The first-order valence-electron chi connectivity index (χ1n) is 7.84. The molecule has 1 aliphatic carbocycles. The third-order valence-corrected chi connectivity index (χ3v) is 5.22. The van der Waals surface area contributed by atoms with Gasteiger partial charge in [0, 0.05) is 5.56 Å². The minimum atomic E-state index is 0.195. The van der Waals surface area contributed by atoms with Gasteiger partial charge >= 0.3 is 0 Å². The molecule has 3 N–H and O–H groups in total. The van der Waals surface area contributed by atoms with Crippen LogP contribution in [0.3, 0.4) is 0 Å². The van der Waals surface area contributed by atoms with E-state index in [1.807, 2.05) is 0 Å². The number of nitrogens with two attached hydrogens (primary N) is 1. The van der Waals surface area contributed by atoms with Crippen molar-refractivity contribution in [2.24, 2.45) is 17.2 Å². The van der Waals surface area contributed by atoms with Gasteiger partial charge in [-0.25, -0.2) is 0 Å². The quantitative estimate of drug-likeness (QED) is 0.656. The molecule has 1 heterocycles. The lowest BCUT2D eigenvalue weighted by molar-refractivity contribution is 0.192. The molecule has 2 atom stereocenters. The predicted octanol–water partition coefficient (Wildman–Crippen LogP) is 3.34. The van der Waals surface area contributed by atoms with E-state index in [1.54, 1.807) is 0 Å². The third kappa shape index (κ3) is 2.33. The lowest BCUT2D eigenvalue weighted by Gasteiger charge is -2.35. The SMILES string of the molecule is CC1(C)CCCC1C(NN)c1cccc2c1OCCC2. The van der Waals surface area contributed by atoms with Gasteiger partial charge in [0.1, 0.15) is 5.75 Å². The van der Waals surface area contributed by atoms with Gasteiger partial charge in [-0.05, 0) is 42.6 Å². The highest BCUT2D eigenvalue weighted by molar-refractivity contribution is 5.45. The van der Waals surface area contributed by atoms with Gasteiger partial charge in [0.2, 0.25) is 0 Å². The van der Waals surface area contributed by atoms with Crippen LogP contribution in [0.5, 0.6) is 5.75 Å². The Morgan fingerprint density at radius 1 is 1.35 bits per heavy atom. The summed E-state index contributed by atoms with van der Waals surface area (Å²) in [6, 6.07) is 6.71. The molecule has 2 aliphatic rings. The summed E-state index contributed by atoms with van der Waals surface area (Å²) in [6.45, 7) is 5.56. The summed E-state index contributed by atoms with van der Waals surface area (Å²) in [5.41, 5.74) is 6.02. The first kappa shape index (κ1) is 13.9. The van der Waals surface area contributed by atoms with Crippen LogP contribution in [0.2, 0.25) is 0 Å². The van der Waals surface area contributed by atoms with Gasteiger partial charge in [-0.15, -0.1) is 0 Å². The van der Waals surface area contributed by atoms with Crippen LogP contribution in [0, 0.1) is 11.3 Å². The van der Waals surface area contributed by atoms with E-state index in [0.29, 0.717) is 11.3 Å². The third-order valence-electron chi connectivity index (χ3n) is 5.22. The molecule has 1 aliphatic heterocycles. The van der Waals surface area contributed by atoms with E-state index in [-0.39, 0.29) is 6.04 Å². The second-order valence-corrected chi connectivity index (χ2v) is 6.92. The second kappa shape index (κ2) is 5.38. The summed E-state index contributed by atoms with van der Waals surface area (Å²) in [6.07, 6.45) is 6.06. The van der Waals surface area contributed by atoms with Crippen LogP contribution in [0.25, 0.3) is 0 Å². The van der Waals surface area contributed by atoms with Crippen LogP contribution in [0.1, 0.15) is 56.7 Å². The van der Waals surface area contributed by atoms with Crippen molar-refractivity contribution in [3.63, 3.8) is 0 Å². The topological polar surface area (TPSA) is 47.3 Å². The fraction of sp³-hybridized carbons (Fsp3) is 0.647. The number of hydrogen-bond acceptors (Lipinski definition) is 3. The van der Waals surface area contributed by atoms with Crippen LogP contribution < -0.4 is 16.0 Å². The smallest absolute Gasteiger partial charge is 0.127 e. The van der Waals surface area contributed by atoms with E-state index in [4.69, 9.17) is 10.6 Å². The molecule has 0 saturated heterocycles. The standard InChI is InChI=1S/C17H26N2O/c1-17(2)10-4-9-14(17)15(19-18)13-8-3-6-12-7-5-11-20-16(12)13/h3,6,8,14-15,19H,4-5,7,9-11,18H2,1-2H3. The zero-order valence-corrected chi connectivity index (χ0v) is 12.6. The molecule has 2 unspecified atom stereocenters. The van der Waals surface area contributed by atoms with E-state index < -0.39 is 0 Å². The second-order valence-electron chi connectivity index (χ2n) is 6.92. The molecule has 3 nitrogen and oxygen atoms in total. The molecule has 110 valence electrons. The maximum Gasteiger partial charge on any atom is 0.127 e. The number of ether oxygens (including phenoxy) is 1. The lowest BCUT2D eigenvalue weighted by Crippen LogP contribution is -2.38. The van der Waals surface area contributed by atoms with Gasteiger partial charge in [-0.3, -0.25) is 11.3 Å². The van der Waals surface area contributed by atoms with Crippen LogP contribution in [-0.2, 0) is 6.42 Å². The average molecular weight is 274 g/mol. The molecule has 3 heteroatoms. The van der Waals surface area contributed by atoms with Crippen LogP contribution >= 0.6 is 0 Å². The monoisotopic (exact) mass is 274 g/mol. The number of aryl methyl sites for hydroxylation is 1. The minimum absolute atomic E-state index is 0.195. The molecule has 0 aromatic heterocycles. The van der Waals surface area contributed by atoms with Crippen molar-refractivity contribution >= 4 is 0 Å². The molecule has 0 spiro atoms. The molecule has 1 saturated carbocycles. The molecule has 3 rings (SSSR count). The van der Waals surface area contributed by atoms with Gasteiger partial charge in [-0.1, -0.05) is 38.5 Å². The van der Waals surface area contributed by atoms with Gasteiger partial charge in [0.15, 0.2) is 0 Å². The summed E-state index contributed by atoms with van der Waals surface area (Å²) in [5, 5.41) is 0. The maximum atomic E-state index is 5.97. The number of para-hydroxylation sites is 1. The average Bonchev–Trinajstić information content (AvgIpc) is 2.80. The molecule has 20 heavy (non-hydrogen) atoms. The molecule has 1 fully saturated rings. The highest BCUT2D eigenvalue weighted by Crippen LogP contribution is 2.50. The highest BCUT2D eigenvalue weighted by Gasteiger charge is 2.41. The van der Waals surface area contributed by atoms with Gasteiger partial charge in [0.25, 0.3) is 0 Å².